The molecule has 138 valence electrons. The Kier molecular flexibility index (Phi) is 3.67. The number of benzene rings is 2. The van der Waals surface area contributed by atoms with Crippen LogP contribution in [0.4, 0.5) is 9.52 Å². The molecule has 0 aliphatic carbocycles. The highest BCUT2D eigenvalue weighted by atomic mass is 32.1. The predicted octanol–water partition coefficient (Wildman–Crippen LogP) is 4.45. The summed E-state index contributed by atoms with van der Waals surface area (Å²) in [5, 5.41) is 2.47. The van der Waals surface area contributed by atoms with Gasteiger partial charge in [0.25, 0.3) is 5.91 Å². The zero-order chi connectivity index (χ0) is 19.4. The molecule has 28 heavy (non-hydrogen) atoms. The van der Waals surface area contributed by atoms with Crippen LogP contribution in [0.15, 0.2) is 63.3 Å². The summed E-state index contributed by atoms with van der Waals surface area (Å²) >= 11 is 1.24. The smallest absolute Gasteiger partial charge is 0.297 e. The predicted molar refractivity (Wildman–Crippen MR) is 104 cm³/mol. The van der Waals surface area contributed by atoms with Crippen LogP contribution in [0.2, 0.25) is 0 Å². The molecule has 0 spiro atoms. The van der Waals surface area contributed by atoms with Crippen molar-refractivity contribution in [3.63, 3.8) is 0 Å². The SMILES string of the molecule is Cc1ccc2oc3c(c(=O)c2c1)[C@@H](c1ccccc1F)N(c1nccs1)C3=O. The van der Waals surface area contributed by atoms with E-state index >= 15 is 0 Å². The van der Waals surface area contributed by atoms with Crippen LogP contribution in [0.1, 0.15) is 33.3 Å². The summed E-state index contributed by atoms with van der Waals surface area (Å²) in [6, 6.07) is 10.4. The van der Waals surface area contributed by atoms with Crippen LogP contribution in [-0.2, 0) is 0 Å². The van der Waals surface area contributed by atoms with Gasteiger partial charge in [0.2, 0.25) is 5.76 Å². The molecule has 0 unspecified atom stereocenters. The fraction of sp³-hybridized carbons (Fsp3) is 0.0952. The van der Waals surface area contributed by atoms with Gasteiger partial charge in [0.1, 0.15) is 17.4 Å². The van der Waals surface area contributed by atoms with Gasteiger partial charge in [-0.1, -0.05) is 29.8 Å². The van der Waals surface area contributed by atoms with Gasteiger partial charge in [-0.15, -0.1) is 11.3 Å². The van der Waals surface area contributed by atoms with Crippen LogP contribution in [-0.4, -0.2) is 10.9 Å². The molecule has 5 rings (SSSR count). The first-order chi connectivity index (χ1) is 13.6. The monoisotopic (exact) mass is 392 g/mol. The number of hydrogen-bond acceptors (Lipinski definition) is 5. The topological polar surface area (TPSA) is 63.4 Å². The quantitative estimate of drug-likeness (QED) is 0.506. The van der Waals surface area contributed by atoms with Crippen molar-refractivity contribution in [2.45, 2.75) is 13.0 Å². The summed E-state index contributed by atoms with van der Waals surface area (Å²) in [6.07, 6.45) is 1.56. The van der Waals surface area contributed by atoms with Crippen LogP contribution >= 0.6 is 11.3 Å². The van der Waals surface area contributed by atoms with E-state index in [0.29, 0.717) is 16.1 Å². The van der Waals surface area contributed by atoms with Crippen LogP contribution in [0.3, 0.4) is 0 Å². The van der Waals surface area contributed by atoms with Gasteiger partial charge in [-0.2, -0.15) is 0 Å². The van der Waals surface area contributed by atoms with Crippen LogP contribution < -0.4 is 10.3 Å². The molecule has 0 N–H and O–H groups in total. The van der Waals surface area contributed by atoms with Gasteiger partial charge in [-0.25, -0.2) is 9.37 Å². The minimum atomic E-state index is -0.934. The average molecular weight is 392 g/mol. The largest absolute Gasteiger partial charge is 0.450 e. The molecule has 1 aliphatic rings. The number of carbonyl (C=O) groups is 1. The van der Waals surface area contributed by atoms with Crippen molar-refractivity contribution in [1.82, 2.24) is 4.98 Å². The molecule has 1 aliphatic heterocycles. The van der Waals surface area contributed by atoms with E-state index in [-0.39, 0.29) is 22.3 Å². The number of halogens is 1. The number of aryl methyl sites for hydroxylation is 1. The van der Waals surface area contributed by atoms with Gasteiger partial charge in [0.15, 0.2) is 10.6 Å². The highest BCUT2D eigenvalue weighted by molar-refractivity contribution is 7.13. The van der Waals surface area contributed by atoms with E-state index in [4.69, 9.17) is 4.42 Å². The van der Waals surface area contributed by atoms with Crippen molar-refractivity contribution < 1.29 is 13.6 Å². The zero-order valence-corrected chi connectivity index (χ0v) is 15.5. The zero-order valence-electron chi connectivity index (χ0n) is 14.7. The summed E-state index contributed by atoms with van der Waals surface area (Å²) in [6.45, 7) is 1.87. The van der Waals surface area contributed by atoms with Crippen LogP contribution in [0.5, 0.6) is 0 Å². The second-order valence-corrected chi connectivity index (χ2v) is 7.46. The number of rotatable bonds is 2. The first-order valence-electron chi connectivity index (χ1n) is 8.61. The molecule has 0 saturated heterocycles. The Morgan fingerprint density at radius 1 is 1.18 bits per heavy atom. The molecule has 3 heterocycles. The molecule has 0 saturated carbocycles. The first kappa shape index (κ1) is 16.8. The number of anilines is 1. The molecular weight excluding hydrogens is 379 g/mol. The van der Waals surface area contributed by atoms with E-state index in [1.54, 1.807) is 41.9 Å². The van der Waals surface area contributed by atoms with Crippen molar-refractivity contribution in [1.29, 1.82) is 0 Å². The van der Waals surface area contributed by atoms with Gasteiger partial charge in [0.05, 0.1) is 10.9 Å². The van der Waals surface area contributed by atoms with Crippen molar-refractivity contribution in [2.24, 2.45) is 0 Å². The van der Waals surface area contributed by atoms with Gasteiger partial charge in [0, 0.05) is 17.1 Å². The highest BCUT2D eigenvalue weighted by Gasteiger charge is 2.45. The maximum atomic E-state index is 14.7. The Morgan fingerprint density at radius 3 is 2.75 bits per heavy atom. The molecule has 4 aromatic rings. The lowest BCUT2D eigenvalue weighted by Gasteiger charge is -2.22. The standard InChI is InChI=1S/C21H13FN2O3S/c1-11-6-7-15-13(10-11)18(25)16-17(12-4-2-3-5-14(12)22)24(20(26)19(16)27-15)21-23-8-9-28-21/h2-10,17H,1H3/t17-/m1/s1. The number of fused-ring (bicyclic) bond motifs is 2. The molecule has 7 heteroatoms. The van der Waals surface area contributed by atoms with Crippen molar-refractivity contribution in [3.8, 4) is 0 Å². The number of hydrogen-bond donors (Lipinski definition) is 0. The number of aromatic nitrogens is 1. The van der Waals surface area contributed by atoms with E-state index in [1.165, 1.54) is 22.3 Å². The second-order valence-electron chi connectivity index (χ2n) is 6.59. The third kappa shape index (κ3) is 2.33. The summed E-state index contributed by atoms with van der Waals surface area (Å²) in [7, 11) is 0. The third-order valence-corrected chi connectivity index (χ3v) is 5.62. The van der Waals surface area contributed by atoms with Crippen LogP contribution in [0.25, 0.3) is 11.0 Å². The maximum absolute atomic E-state index is 14.7. The van der Waals surface area contributed by atoms with Gasteiger partial charge >= 0.3 is 0 Å². The number of nitrogens with zero attached hydrogens (tertiary/aromatic N) is 2. The molecule has 0 bridgehead atoms. The average Bonchev–Trinajstić information content (AvgIpc) is 3.30. The Hall–Kier alpha value is -3.32. The minimum absolute atomic E-state index is 0.0650. The lowest BCUT2D eigenvalue weighted by Crippen LogP contribution is -2.29. The molecular formula is C21H13FN2O3S. The molecule has 0 fully saturated rings. The van der Waals surface area contributed by atoms with E-state index in [2.05, 4.69) is 4.98 Å². The van der Waals surface area contributed by atoms with Crippen LogP contribution in [0, 0.1) is 12.7 Å². The van der Waals surface area contributed by atoms with Gasteiger partial charge in [-0.3, -0.25) is 14.5 Å². The molecule has 1 amide bonds. The fourth-order valence-electron chi connectivity index (χ4n) is 3.61. The first-order valence-corrected chi connectivity index (χ1v) is 9.49. The normalized spacial score (nSPS) is 16.0. The molecule has 0 radical (unpaired) electrons. The lowest BCUT2D eigenvalue weighted by atomic mass is 9.98. The van der Waals surface area contributed by atoms with Crippen molar-refractivity contribution in [2.75, 3.05) is 4.90 Å². The highest BCUT2D eigenvalue weighted by Crippen LogP contribution is 2.42. The molecule has 1 atom stereocenters. The molecule has 2 aromatic heterocycles. The summed E-state index contributed by atoms with van der Waals surface area (Å²) in [5.41, 5.74) is 1.26. The van der Waals surface area contributed by atoms with E-state index in [1.807, 2.05) is 13.0 Å². The summed E-state index contributed by atoms with van der Waals surface area (Å²) in [4.78, 5) is 32.1. The van der Waals surface area contributed by atoms with Crippen molar-refractivity contribution >= 4 is 33.3 Å². The number of amides is 1. The Morgan fingerprint density at radius 2 is 2.00 bits per heavy atom. The van der Waals surface area contributed by atoms with E-state index in [0.717, 1.165) is 5.56 Å². The Bertz CT molecular complexity index is 1300. The van der Waals surface area contributed by atoms with E-state index in [9.17, 15) is 14.0 Å². The minimum Gasteiger partial charge on any atom is -0.450 e. The third-order valence-electron chi connectivity index (χ3n) is 4.85. The fourth-order valence-corrected chi connectivity index (χ4v) is 4.28. The molecule has 2 aromatic carbocycles. The number of carbonyl (C=O) groups excluding carboxylic acids is 1. The summed E-state index contributed by atoms with van der Waals surface area (Å²) in [5.74, 6) is -1.07. The van der Waals surface area contributed by atoms with Crippen molar-refractivity contribution in [3.05, 3.63) is 92.5 Å². The van der Waals surface area contributed by atoms with E-state index < -0.39 is 17.8 Å². The lowest BCUT2D eigenvalue weighted by molar-refractivity contribution is 0.0970. The van der Waals surface area contributed by atoms with Gasteiger partial charge in [-0.05, 0) is 25.1 Å². The Labute approximate surface area is 162 Å². The second kappa shape index (κ2) is 6.10. The summed E-state index contributed by atoms with van der Waals surface area (Å²) < 4.78 is 20.5. The molecule has 5 nitrogen and oxygen atoms in total. The Balaban J connectivity index is 1.87. The number of thiazole rings is 1. The van der Waals surface area contributed by atoms with Gasteiger partial charge < -0.3 is 4.42 Å². The maximum Gasteiger partial charge on any atom is 0.297 e.